The molecular weight excluding hydrogens is 380 g/mol. The lowest BCUT2D eigenvalue weighted by molar-refractivity contribution is -0.119. The van der Waals surface area contributed by atoms with Crippen LogP contribution in [0.15, 0.2) is 41.4 Å². The van der Waals surface area contributed by atoms with Gasteiger partial charge in [-0.2, -0.15) is 5.26 Å². The van der Waals surface area contributed by atoms with Gasteiger partial charge >= 0.3 is 0 Å². The third-order valence-corrected chi connectivity index (χ3v) is 6.64. The van der Waals surface area contributed by atoms with Gasteiger partial charge in [-0.3, -0.25) is 9.69 Å². The van der Waals surface area contributed by atoms with E-state index in [4.69, 9.17) is 4.98 Å². The van der Waals surface area contributed by atoms with Gasteiger partial charge in [-0.1, -0.05) is 54.9 Å². The summed E-state index contributed by atoms with van der Waals surface area (Å²) in [6.45, 7) is 2.66. The predicted octanol–water partition coefficient (Wildman–Crippen LogP) is 3.66. The molecule has 1 aliphatic carbocycles. The molecule has 2 heterocycles. The lowest BCUT2D eigenvalue weighted by Crippen LogP contribution is -2.34. The Kier molecular flexibility index (Phi) is 6.48. The molecule has 0 unspecified atom stereocenters. The quantitative estimate of drug-likeness (QED) is 0.742. The Morgan fingerprint density at radius 2 is 2.07 bits per heavy atom. The van der Waals surface area contributed by atoms with Crippen LogP contribution in [0.4, 0.5) is 0 Å². The maximum absolute atomic E-state index is 12.2. The molecule has 0 atom stereocenters. The minimum Gasteiger partial charge on any atom is -0.353 e. The van der Waals surface area contributed by atoms with Crippen molar-refractivity contribution in [2.75, 3.05) is 12.3 Å². The zero-order valence-corrected chi connectivity index (χ0v) is 17.4. The molecule has 2 aromatic rings. The van der Waals surface area contributed by atoms with E-state index in [0.717, 1.165) is 50.2 Å². The van der Waals surface area contributed by atoms with E-state index < -0.39 is 0 Å². The molecule has 5 nitrogen and oxygen atoms in total. The number of benzene rings is 1. The van der Waals surface area contributed by atoms with Crippen molar-refractivity contribution in [2.45, 2.75) is 56.3 Å². The van der Waals surface area contributed by atoms with Crippen LogP contribution < -0.4 is 5.32 Å². The molecule has 1 fully saturated rings. The summed E-state index contributed by atoms with van der Waals surface area (Å²) in [4.78, 5) is 19.4. The van der Waals surface area contributed by atoms with E-state index in [2.05, 4.69) is 40.6 Å². The second kappa shape index (κ2) is 9.43. The van der Waals surface area contributed by atoms with Gasteiger partial charge in [0, 0.05) is 37.8 Å². The fourth-order valence-corrected chi connectivity index (χ4v) is 4.94. The topological polar surface area (TPSA) is 69.0 Å². The zero-order valence-electron chi connectivity index (χ0n) is 16.6. The Balaban J connectivity index is 1.39. The average molecular weight is 407 g/mol. The fourth-order valence-electron chi connectivity index (χ4n) is 4.15. The summed E-state index contributed by atoms with van der Waals surface area (Å²) >= 11 is 1.38. The van der Waals surface area contributed by atoms with E-state index in [-0.39, 0.29) is 5.91 Å². The summed E-state index contributed by atoms with van der Waals surface area (Å²) in [5.74, 6) is 0.358. The molecule has 0 bridgehead atoms. The highest BCUT2D eigenvalue weighted by molar-refractivity contribution is 8.00. The molecule has 2 aliphatic rings. The molecule has 0 radical (unpaired) electrons. The maximum Gasteiger partial charge on any atom is 0.230 e. The number of fused-ring (bicyclic) bond motifs is 1. The summed E-state index contributed by atoms with van der Waals surface area (Å²) in [5.41, 5.74) is 4.06. The van der Waals surface area contributed by atoms with Crippen molar-refractivity contribution in [1.82, 2.24) is 15.2 Å². The number of carbonyl (C=O) groups is 1. The number of amides is 1. The molecule has 1 aromatic heterocycles. The first-order chi connectivity index (χ1) is 14.2. The largest absolute Gasteiger partial charge is 0.353 e. The summed E-state index contributed by atoms with van der Waals surface area (Å²) in [6.07, 6.45) is 5.43. The van der Waals surface area contributed by atoms with E-state index in [9.17, 15) is 10.1 Å². The van der Waals surface area contributed by atoms with Crippen LogP contribution in [0.3, 0.4) is 0 Å². The summed E-state index contributed by atoms with van der Waals surface area (Å²) in [5, 5.41) is 13.4. The van der Waals surface area contributed by atoms with Gasteiger partial charge in [0.05, 0.1) is 11.3 Å². The van der Waals surface area contributed by atoms with E-state index in [0.29, 0.717) is 22.4 Å². The fraction of sp³-hybridized carbons (Fsp3) is 0.435. The van der Waals surface area contributed by atoms with Gasteiger partial charge in [-0.05, 0) is 30.0 Å². The number of nitrogens with one attached hydrogen (secondary N) is 1. The van der Waals surface area contributed by atoms with E-state index in [1.54, 1.807) is 0 Å². The molecule has 1 amide bonds. The second-order valence-electron chi connectivity index (χ2n) is 7.84. The minimum absolute atomic E-state index is 0.0411. The molecule has 1 aliphatic heterocycles. The Bertz CT molecular complexity index is 903. The minimum atomic E-state index is 0.0411. The van der Waals surface area contributed by atoms with Crippen molar-refractivity contribution in [3.05, 3.63) is 58.8 Å². The molecule has 29 heavy (non-hydrogen) atoms. The van der Waals surface area contributed by atoms with Crippen LogP contribution in [0.25, 0.3) is 0 Å². The number of nitrogens with zero attached hydrogens (tertiary/aromatic N) is 3. The summed E-state index contributed by atoms with van der Waals surface area (Å²) < 4.78 is 0. The normalized spacial score (nSPS) is 16.9. The molecule has 6 heteroatoms. The monoisotopic (exact) mass is 406 g/mol. The van der Waals surface area contributed by atoms with Gasteiger partial charge in [-0.25, -0.2) is 4.98 Å². The molecule has 1 aromatic carbocycles. The SMILES string of the molecule is N#Cc1cc2c(nc1SCC(=O)NC1CCCC1)CCN(Cc1ccccc1)C2. The maximum atomic E-state index is 12.2. The van der Waals surface area contributed by atoms with Crippen molar-refractivity contribution in [3.63, 3.8) is 0 Å². The van der Waals surface area contributed by atoms with Crippen LogP contribution in [0, 0.1) is 11.3 Å². The highest BCUT2D eigenvalue weighted by Gasteiger charge is 2.21. The van der Waals surface area contributed by atoms with Gasteiger partial charge in [0.1, 0.15) is 11.1 Å². The first-order valence-corrected chi connectivity index (χ1v) is 11.3. The highest BCUT2D eigenvalue weighted by atomic mass is 32.2. The van der Waals surface area contributed by atoms with Gasteiger partial charge in [-0.15, -0.1) is 0 Å². The number of aromatic nitrogens is 1. The zero-order chi connectivity index (χ0) is 20.1. The van der Waals surface area contributed by atoms with Crippen LogP contribution in [0.5, 0.6) is 0 Å². The number of hydrogen-bond acceptors (Lipinski definition) is 5. The van der Waals surface area contributed by atoms with Gasteiger partial charge in [0.25, 0.3) is 0 Å². The molecule has 150 valence electrons. The van der Waals surface area contributed by atoms with Crippen LogP contribution in [-0.2, 0) is 24.3 Å². The van der Waals surface area contributed by atoms with Crippen LogP contribution in [0.2, 0.25) is 0 Å². The van der Waals surface area contributed by atoms with E-state index >= 15 is 0 Å². The molecule has 1 N–H and O–H groups in total. The van der Waals surface area contributed by atoms with Gasteiger partial charge in [0.2, 0.25) is 5.91 Å². The van der Waals surface area contributed by atoms with Crippen molar-refractivity contribution < 1.29 is 4.79 Å². The van der Waals surface area contributed by atoms with E-state index in [1.165, 1.54) is 30.2 Å². The van der Waals surface area contributed by atoms with Crippen molar-refractivity contribution in [2.24, 2.45) is 0 Å². The number of hydrogen-bond donors (Lipinski definition) is 1. The Hall–Kier alpha value is -2.36. The third-order valence-electron chi connectivity index (χ3n) is 5.64. The third kappa shape index (κ3) is 5.17. The number of rotatable bonds is 6. The van der Waals surface area contributed by atoms with Gasteiger partial charge < -0.3 is 5.32 Å². The van der Waals surface area contributed by atoms with Crippen LogP contribution >= 0.6 is 11.8 Å². The van der Waals surface area contributed by atoms with Crippen molar-refractivity contribution in [3.8, 4) is 6.07 Å². The Morgan fingerprint density at radius 3 is 2.83 bits per heavy atom. The summed E-state index contributed by atoms with van der Waals surface area (Å²) in [7, 11) is 0. The molecular formula is C23H26N4OS. The highest BCUT2D eigenvalue weighted by Crippen LogP contribution is 2.27. The van der Waals surface area contributed by atoms with Crippen molar-refractivity contribution >= 4 is 17.7 Å². The smallest absolute Gasteiger partial charge is 0.230 e. The van der Waals surface area contributed by atoms with Crippen molar-refractivity contribution in [1.29, 1.82) is 5.26 Å². The lowest BCUT2D eigenvalue weighted by atomic mass is 10.0. The number of nitriles is 1. The van der Waals surface area contributed by atoms with Crippen LogP contribution in [0.1, 0.15) is 48.1 Å². The Labute approximate surface area is 176 Å². The predicted molar refractivity (Wildman–Crippen MR) is 114 cm³/mol. The average Bonchev–Trinajstić information content (AvgIpc) is 3.25. The second-order valence-corrected chi connectivity index (χ2v) is 8.81. The van der Waals surface area contributed by atoms with Crippen LogP contribution in [-0.4, -0.2) is 34.1 Å². The lowest BCUT2D eigenvalue weighted by Gasteiger charge is -2.28. The Morgan fingerprint density at radius 1 is 1.28 bits per heavy atom. The summed E-state index contributed by atoms with van der Waals surface area (Å²) in [6, 6.07) is 15.0. The number of thioether (sulfide) groups is 1. The first kappa shape index (κ1) is 19.9. The van der Waals surface area contributed by atoms with E-state index in [1.807, 2.05) is 12.1 Å². The standard InChI is InChI=1S/C23H26N4OS/c24-13-18-12-19-15-27(14-17-6-2-1-3-7-17)11-10-21(19)26-23(18)29-16-22(28)25-20-8-4-5-9-20/h1-3,6-7,12,20H,4-5,8-11,14-16H2,(H,25,28). The first-order valence-electron chi connectivity index (χ1n) is 10.3. The molecule has 0 spiro atoms. The molecule has 4 rings (SSSR count). The number of carbonyl (C=O) groups excluding carboxylic acids is 1. The number of pyridine rings is 1. The molecule has 0 saturated heterocycles. The molecule has 1 saturated carbocycles. The van der Waals surface area contributed by atoms with Gasteiger partial charge in [0.15, 0.2) is 0 Å².